The van der Waals surface area contributed by atoms with Crippen molar-refractivity contribution in [2.75, 3.05) is 18.9 Å². The predicted molar refractivity (Wildman–Crippen MR) is 123 cm³/mol. The van der Waals surface area contributed by atoms with Crippen LogP contribution in [0.3, 0.4) is 0 Å². The molecule has 148 valence electrons. The van der Waals surface area contributed by atoms with Crippen LogP contribution in [0.2, 0.25) is 0 Å². The summed E-state index contributed by atoms with van der Waals surface area (Å²) in [6, 6.07) is 8.36. The molecular formula is C20H35IN4O. The molecule has 26 heavy (non-hydrogen) atoms. The Morgan fingerprint density at radius 3 is 2.31 bits per heavy atom. The number of halogens is 1. The van der Waals surface area contributed by atoms with E-state index in [9.17, 15) is 4.79 Å². The molecular weight excluding hydrogens is 439 g/mol. The van der Waals surface area contributed by atoms with Crippen molar-refractivity contribution in [1.29, 1.82) is 0 Å². The number of nitrogens with zero attached hydrogens (tertiary/aromatic N) is 1. The van der Waals surface area contributed by atoms with Gasteiger partial charge in [-0.1, -0.05) is 38.8 Å². The molecule has 3 N–H and O–H groups in total. The van der Waals surface area contributed by atoms with Crippen molar-refractivity contribution in [2.45, 2.75) is 59.4 Å². The molecule has 0 aliphatic carbocycles. The van der Waals surface area contributed by atoms with Gasteiger partial charge < -0.3 is 16.0 Å². The molecule has 1 unspecified atom stereocenters. The fourth-order valence-electron chi connectivity index (χ4n) is 2.62. The monoisotopic (exact) mass is 474 g/mol. The Hall–Kier alpha value is -1.31. The summed E-state index contributed by atoms with van der Waals surface area (Å²) in [6.07, 6.45) is 4.57. The van der Waals surface area contributed by atoms with Gasteiger partial charge in [-0.3, -0.25) is 9.79 Å². The Balaban J connectivity index is 0.00000625. The topological polar surface area (TPSA) is 65.5 Å². The summed E-state index contributed by atoms with van der Waals surface area (Å²) in [5.41, 5.74) is 2.05. The van der Waals surface area contributed by atoms with E-state index >= 15 is 0 Å². The highest BCUT2D eigenvalue weighted by molar-refractivity contribution is 14.0. The van der Waals surface area contributed by atoms with Crippen LogP contribution in [0.1, 0.15) is 52.5 Å². The number of anilines is 1. The third kappa shape index (κ3) is 11.3. The van der Waals surface area contributed by atoms with Crippen LogP contribution in [0, 0.1) is 5.92 Å². The van der Waals surface area contributed by atoms with Crippen molar-refractivity contribution < 1.29 is 4.79 Å². The lowest BCUT2D eigenvalue weighted by molar-refractivity contribution is -0.114. The smallest absolute Gasteiger partial charge is 0.221 e. The fourth-order valence-corrected chi connectivity index (χ4v) is 2.62. The number of rotatable bonds is 9. The third-order valence-corrected chi connectivity index (χ3v) is 4.01. The standard InChI is InChI=1S/C20H34N4O.HI/c1-15(2)7-6-8-16(3)23-20(21-5)22-14-13-18-9-11-19(12-10-18)24-17(4)25;/h9-12,15-16H,6-8,13-14H2,1-5H3,(H,24,25)(H2,21,22,23);1H. The second-order valence-electron chi connectivity index (χ2n) is 7.00. The van der Waals surface area contributed by atoms with E-state index in [1.54, 1.807) is 7.05 Å². The summed E-state index contributed by atoms with van der Waals surface area (Å²) >= 11 is 0. The molecule has 0 bridgehead atoms. The molecule has 1 rings (SSSR count). The zero-order chi connectivity index (χ0) is 18.7. The van der Waals surface area contributed by atoms with E-state index in [2.05, 4.69) is 41.7 Å². The van der Waals surface area contributed by atoms with Gasteiger partial charge in [-0.15, -0.1) is 24.0 Å². The summed E-state index contributed by atoms with van der Waals surface area (Å²) in [5.74, 6) is 1.57. The quantitative estimate of drug-likeness (QED) is 0.286. The van der Waals surface area contributed by atoms with E-state index in [0.717, 1.165) is 37.0 Å². The maximum atomic E-state index is 11.0. The van der Waals surface area contributed by atoms with Gasteiger partial charge in [-0.2, -0.15) is 0 Å². The Bertz CT molecular complexity index is 543. The van der Waals surface area contributed by atoms with Gasteiger partial charge in [-0.05, 0) is 43.4 Å². The summed E-state index contributed by atoms with van der Waals surface area (Å²) in [5, 5.41) is 9.59. The molecule has 0 aliphatic rings. The normalized spacial score (nSPS) is 12.3. The van der Waals surface area contributed by atoms with Crippen molar-refractivity contribution in [1.82, 2.24) is 10.6 Å². The highest BCUT2D eigenvalue weighted by atomic mass is 127. The van der Waals surface area contributed by atoms with E-state index in [4.69, 9.17) is 0 Å². The molecule has 0 spiro atoms. The summed E-state index contributed by atoms with van der Waals surface area (Å²) < 4.78 is 0. The number of guanidine groups is 1. The molecule has 1 atom stereocenters. The molecule has 0 aliphatic heterocycles. The largest absolute Gasteiger partial charge is 0.356 e. The van der Waals surface area contributed by atoms with Crippen LogP contribution in [0.25, 0.3) is 0 Å². The minimum Gasteiger partial charge on any atom is -0.356 e. The van der Waals surface area contributed by atoms with E-state index in [1.165, 1.54) is 25.3 Å². The maximum absolute atomic E-state index is 11.0. The highest BCUT2D eigenvalue weighted by Gasteiger charge is 2.05. The molecule has 1 aromatic carbocycles. The second-order valence-corrected chi connectivity index (χ2v) is 7.00. The number of amides is 1. The number of hydrogen-bond acceptors (Lipinski definition) is 2. The van der Waals surface area contributed by atoms with Crippen molar-refractivity contribution in [3.05, 3.63) is 29.8 Å². The van der Waals surface area contributed by atoms with Gasteiger partial charge in [0.05, 0.1) is 0 Å². The third-order valence-electron chi connectivity index (χ3n) is 4.01. The minimum atomic E-state index is -0.0493. The molecule has 5 nitrogen and oxygen atoms in total. The number of carbonyl (C=O) groups is 1. The predicted octanol–water partition coefficient (Wildman–Crippen LogP) is 4.19. The van der Waals surface area contributed by atoms with E-state index in [1.807, 2.05) is 24.3 Å². The first-order chi connectivity index (χ1) is 11.9. The molecule has 0 radical (unpaired) electrons. The molecule has 0 heterocycles. The molecule has 6 heteroatoms. The van der Waals surface area contributed by atoms with Crippen LogP contribution in [-0.2, 0) is 11.2 Å². The van der Waals surface area contributed by atoms with E-state index in [-0.39, 0.29) is 29.9 Å². The lowest BCUT2D eigenvalue weighted by Gasteiger charge is -2.18. The van der Waals surface area contributed by atoms with Gasteiger partial charge in [-0.25, -0.2) is 0 Å². The van der Waals surface area contributed by atoms with Gasteiger partial charge in [0.1, 0.15) is 0 Å². The van der Waals surface area contributed by atoms with Crippen LogP contribution in [0.15, 0.2) is 29.3 Å². The Labute approximate surface area is 175 Å². The zero-order valence-corrected chi connectivity index (χ0v) is 19.1. The first kappa shape index (κ1) is 24.7. The van der Waals surface area contributed by atoms with E-state index < -0.39 is 0 Å². The lowest BCUT2D eigenvalue weighted by Crippen LogP contribution is -2.42. The minimum absolute atomic E-state index is 0. The number of aliphatic imine (C=N–C) groups is 1. The van der Waals surface area contributed by atoms with Crippen molar-refractivity contribution in [3.63, 3.8) is 0 Å². The average molecular weight is 474 g/mol. The van der Waals surface area contributed by atoms with Gasteiger partial charge in [0.2, 0.25) is 5.91 Å². The highest BCUT2D eigenvalue weighted by Crippen LogP contribution is 2.10. The van der Waals surface area contributed by atoms with Crippen molar-refractivity contribution in [3.8, 4) is 0 Å². The number of hydrogen-bond donors (Lipinski definition) is 3. The number of benzene rings is 1. The lowest BCUT2D eigenvalue weighted by atomic mass is 10.0. The summed E-state index contributed by atoms with van der Waals surface area (Å²) in [6.45, 7) is 9.06. The number of carbonyl (C=O) groups excluding carboxylic acids is 1. The Morgan fingerprint density at radius 1 is 1.12 bits per heavy atom. The van der Waals surface area contributed by atoms with Gasteiger partial charge >= 0.3 is 0 Å². The number of nitrogens with one attached hydrogen (secondary N) is 3. The van der Waals surface area contributed by atoms with Gasteiger partial charge in [0.15, 0.2) is 5.96 Å². The Kier molecular flexibility index (Phi) is 13.1. The summed E-state index contributed by atoms with van der Waals surface area (Å²) in [4.78, 5) is 15.3. The van der Waals surface area contributed by atoms with Crippen LogP contribution in [-0.4, -0.2) is 31.5 Å². The fraction of sp³-hybridized carbons (Fsp3) is 0.600. The molecule has 0 saturated heterocycles. The maximum Gasteiger partial charge on any atom is 0.221 e. The molecule has 1 amide bonds. The SMILES string of the molecule is CN=C(NCCc1ccc(NC(C)=O)cc1)NC(C)CCCC(C)C.I. The van der Waals surface area contributed by atoms with E-state index in [0.29, 0.717) is 6.04 Å². The van der Waals surface area contributed by atoms with Crippen molar-refractivity contribution >= 4 is 41.5 Å². The van der Waals surface area contributed by atoms with Crippen LogP contribution < -0.4 is 16.0 Å². The zero-order valence-electron chi connectivity index (χ0n) is 16.8. The molecule has 0 fully saturated rings. The first-order valence-electron chi connectivity index (χ1n) is 9.24. The van der Waals surface area contributed by atoms with Crippen LogP contribution in [0.4, 0.5) is 5.69 Å². The molecule has 0 saturated carbocycles. The first-order valence-corrected chi connectivity index (χ1v) is 9.24. The average Bonchev–Trinajstić information content (AvgIpc) is 2.54. The Morgan fingerprint density at radius 2 is 1.77 bits per heavy atom. The summed E-state index contributed by atoms with van der Waals surface area (Å²) in [7, 11) is 1.80. The molecule has 0 aromatic heterocycles. The van der Waals surface area contributed by atoms with Crippen LogP contribution >= 0.6 is 24.0 Å². The van der Waals surface area contributed by atoms with Gasteiger partial charge in [0, 0.05) is 32.2 Å². The van der Waals surface area contributed by atoms with Crippen LogP contribution in [0.5, 0.6) is 0 Å². The van der Waals surface area contributed by atoms with Crippen molar-refractivity contribution in [2.24, 2.45) is 10.9 Å². The van der Waals surface area contributed by atoms with Gasteiger partial charge in [0.25, 0.3) is 0 Å². The molecule has 1 aromatic rings. The second kappa shape index (κ2) is 13.8.